The summed E-state index contributed by atoms with van der Waals surface area (Å²) in [5.41, 5.74) is 6.04. The van der Waals surface area contributed by atoms with Gasteiger partial charge in [0.15, 0.2) is 0 Å². The first-order valence-corrected chi connectivity index (χ1v) is 13.0. The molecule has 0 spiro atoms. The predicted molar refractivity (Wildman–Crippen MR) is 145 cm³/mol. The molecule has 0 radical (unpaired) electrons. The largest absolute Gasteiger partial charge is 0.437 e. The maximum atomic E-state index is 13.7. The normalized spacial score (nSPS) is 23.7. The minimum atomic E-state index is -4.61. The van der Waals surface area contributed by atoms with E-state index in [1.807, 2.05) is 47.4 Å². The molecule has 2 atom stereocenters. The number of nitrogens with zero attached hydrogens (tertiary/aromatic N) is 4. The molecule has 0 aliphatic carbocycles. The molecule has 2 unspecified atom stereocenters. The van der Waals surface area contributed by atoms with E-state index in [1.54, 1.807) is 19.1 Å². The minimum absolute atomic E-state index is 0.111. The molecular weight excluding hydrogens is 539 g/mol. The second-order valence-electron chi connectivity index (χ2n) is 9.76. The van der Waals surface area contributed by atoms with Crippen molar-refractivity contribution in [1.82, 2.24) is 15.8 Å². The third-order valence-electron chi connectivity index (χ3n) is 6.94. The number of hydrazine groups is 1. The van der Waals surface area contributed by atoms with Gasteiger partial charge < -0.3 is 19.7 Å². The Morgan fingerprint density at radius 1 is 1.07 bits per heavy atom. The molecular formula is C28H26F3N7O3. The van der Waals surface area contributed by atoms with Gasteiger partial charge in [0.25, 0.3) is 5.91 Å². The van der Waals surface area contributed by atoms with Gasteiger partial charge in [-0.15, -0.1) is 0 Å². The number of amidine groups is 1. The van der Waals surface area contributed by atoms with Gasteiger partial charge in [-0.2, -0.15) is 23.6 Å². The third kappa shape index (κ3) is 5.33. The van der Waals surface area contributed by atoms with Crippen LogP contribution in [-0.2, 0) is 26.2 Å². The lowest BCUT2D eigenvalue weighted by Gasteiger charge is -2.33. The zero-order chi connectivity index (χ0) is 28.6. The number of para-hydroxylation sites is 1. The first-order valence-electron chi connectivity index (χ1n) is 13.0. The SMILES string of the molecule is CC1(c2cc(C(F)(F)F)cnc2N2CCOCC2)NNC(=NC2N=C(c3ccccc3)c3ccccc3NC2=O)O1. The highest BCUT2D eigenvalue weighted by molar-refractivity contribution is 6.19. The van der Waals surface area contributed by atoms with Crippen molar-refractivity contribution in [2.45, 2.75) is 25.0 Å². The summed E-state index contributed by atoms with van der Waals surface area (Å²) in [4.78, 5) is 28.3. The van der Waals surface area contributed by atoms with E-state index >= 15 is 0 Å². The number of benzodiazepines with no additional fused rings is 1. The molecule has 13 heteroatoms. The highest BCUT2D eigenvalue weighted by Gasteiger charge is 2.43. The molecule has 10 nitrogen and oxygen atoms in total. The van der Waals surface area contributed by atoms with Crippen LogP contribution in [0.1, 0.15) is 29.2 Å². The lowest BCUT2D eigenvalue weighted by Crippen LogP contribution is -2.43. The van der Waals surface area contributed by atoms with Gasteiger partial charge in [-0.1, -0.05) is 48.5 Å². The molecule has 4 heterocycles. The lowest BCUT2D eigenvalue weighted by atomic mass is 10.0. The summed E-state index contributed by atoms with van der Waals surface area (Å²) in [6, 6.07) is 17.6. The number of alkyl halides is 3. The smallest absolute Gasteiger partial charge is 0.417 e. The number of benzene rings is 2. The van der Waals surface area contributed by atoms with Crippen LogP contribution in [0.4, 0.5) is 24.7 Å². The molecule has 2 fully saturated rings. The van der Waals surface area contributed by atoms with Crippen molar-refractivity contribution in [3.05, 3.63) is 89.1 Å². The predicted octanol–water partition coefficient (Wildman–Crippen LogP) is 3.41. The molecule has 0 bridgehead atoms. The summed E-state index contributed by atoms with van der Waals surface area (Å²) in [7, 11) is 0. The molecule has 3 aliphatic heterocycles. The van der Waals surface area contributed by atoms with Gasteiger partial charge >= 0.3 is 12.2 Å². The average Bonchev–Trinajstić information content (AvgIpc) is 3.30. The topological polar surface area (TPSA) is 112 Å². The van der Waals surface area contributed by atoms with Gasteiger partial charge in [-0.05, 0) is 19.1 Å². The molecule has 3 aliphatic rings. The number of pyridine rings is 1. The summed E-state index contributed by atoms with van der Waals surface area (Å²) >= 11 is 0. The maximum Gasteiger partial charge on any atom is 0.417 e. The fourth-order valence-electron chi connectivity index (χ4n) is 4.86. The van der Waals surface area contributed by atoms with Crippen LogP contribution < -0.4 is 21.1 Å². The van der Waals surface area contributed by atoms with Crippen LogP contribution in [0.3, 0.4) is 0 Å². The number of aromatic nitrogens is 1. The minimum Gasteiger partial charge on any atom is -0.437 e. The number of hydrogen-bond donors (Lipinski definition) is 3. The quantitative estimate of drug-likeness (QED) is 0.445. The Bertz CT molecular complexity index is 1520. The second-order valence-corrected chi connectivity index (χ2v) is 9.76. The number of halogens is 3. The van der Waals surface area contributed by atoms with Crippen LogP contribution in [0.25, 0.3) is 0 Å². The van der Waals surface area contributed by atoms with Gasteiger partial charge in [-0.25, -0.2) is 9.98 Å². The van der Waals surface area contributed by atoms with Crippen molar-refractivity contribution in [1.29, 1.82) is 0 Å². The lowest BCUT2D eigenvalue weighted by molar-refractivity contribution is -0.138. The highest BCUT2D eigenvalue weighted by Crippen LogP contribution is 2.37. The molecule has 3 aromatic rings. The molecule has 1 aromatic heterocycles. The van der Waals surface area contributed by atoms with Gasteiger partial charge in [0.2, 0.25) is 11.9 Å². The van der Waals surface area contributed by atoms with Crippen LogP contribution in [0.5, 0.6) is 0 Å². The molecule has 212 valence electrons. The third-order valence-corrected chi connectivity index (χ3v) is 6.94. The van der Waals surface area contributed by atoms with Crippen molar-refractivity contribution < 1.29 is 27.4 Å². The van der Waals surface area contributed by atoms with Crippen molar-refractivity contribution in [2.75, 3.05) is 36.5 Å². The van der Waals surface area contributed by atoms with Gasteiger partial charge in [-0.3, -0.25) is 10.2 Å². The first kappa shape index (κ1) is 26.7. The number of anilines is 2. The fourth-order valence-corrected chi connectivity index (χ4v) is 4.86. The van der Waals surface area contributed by atoms with Crippen molar-refractivity contribution in [2.24, 2.45) is 9.98 Å². The molecule has 2 saturated heterocycles. The Morgan fingerprint density at radius 3 is 2.56 bits per heavy atom. The van der Waals surface area contributed by atoms with Crippen molar-refractivity contribution in [3.63, 3.8) is 0 Å². The molecule has 0 saturated carbocycles. The fraction of sp³-hybridized carbons (Fsp3) is 0.286. The summed E-state index contributed by atoms with van der Waals surface area (Å²) in [5, 5.41) is 2.86. The summed E-state index contributed by atoms with van der Waals surface area (Å²) < 4.78 is 52.5. The summed E-state index contributed by atoms with van der Waals surface area (Å²) in [6.07, 6.45) is -5.05. The van der Waals surface area contributed by atoms with Gasteiger partial charge in [0.1, 0.15) is 5.82 Å². The molecule has 3 N–H and O–H groups in total. The first-order chi connectivity index (χ1) is 19.7. The van der Waals surface area contributed by atoms with Gasteiger partial charge in [0.05, 0.1) is 35.7 Å². The van der Waals surface area contributed by atoms with Crippen LogP contribution in [0.15, 0.2) is 76.8 Å². The monoisotopic (exact) mass is 565 g/mol. The number of carbonyl (C=O) groups excluding carboxylic acids is 1. The summed E-state index contributed by atoms with van der Waals surface area (Å²) in [6.45, 7) is 3.30. The molecule has 41 heavy (non-hydrogen) atoms. The number of ether oxygens (including phenoxy) is 2. The molecule has 1 amide bonds. The van der Waals surface area contributed by atoms with Crippen LogP contribution in [-0.4, -0.2) is 55.1 Å². The number of aliphatic imine (C=N–C) groups is 2. The number of hydrogen-bond acceptors (Lipinski definition) is 8. The highest BCUT2D eigenvalue weighted by atomic mass is 19.4. The second kappa shape index (κ2) is 10.5. The Hall–Kier alpha value is -4.49. The van der Waals surface area contributed by atoms with E-state index in [9.17, 15) is 18.0 Å². The van der Waals surface area contributed by atoms with E-state index in [0.29, 0.717) is 43.5 Å². The van der Waals surface area contributed by atoms with E-state index < -0.39 is 29.5 Å². The van der Waals surface area contributed by atoms with E-state index in [2.05, 4.69) is 31.1 Å². The van der Waals surface area contributed by atoms with Gasteiger partial charge in [0, 0.05) is 30.4 Å². The summed E-state index contributed by atoms with van der Waals surface area (Å²) in [5.74, 6) is -0.170. The number of amides is 1. The van der Waals surface area contributed by atoms with Crippen LogP contribution in [0, 0.1) is 0 Å². The van der Waals surface area contributed by atoms with Crippen LogP contribution in [0.2, 0.25) is 0 Å². The number of morpholine rings is 1. The Labute approximate surface area is 233 Å². The Morgan fingerprint density at radius 2 is 1.80 bits per heavy atom. The molecule has 2 aromatic carbocycles. The van der Waals surface area contributed by atoms with E-state index in [1.165, 1.54) is 0 Å². The van der Waals surface area contributed by atoms with E-state index in [-0.39, 0.29) is 11.6 Å². The molecule has 6 rings (SSSR count). The Kier molecular flexibility index (Phi) is 6.83. The standard InChI is InChI=1S/C28H26F3N7O3/c1-27(20-15-18(28(29,30)31)16-32-24(20)38-11-13-40-14-12-38)37-36-26(41-27)35-23-25(39)33-21-10-6-5-9-19(21)22(34-23)17-7-3-2-4-8-17/h2-10,15-16,23,37H,11-14H2,1H3,(H,33,39)(H,35,36). The maximum absolute atomic E-state index is 13.7. The number of carbonyl (C=O) groups is 1. The van der Waals surface area contributed by atoms with E-state index in [4.69, 9.17) is 9.47 Å². The number of fused-ring (bicyclic) bond motifs is 1. The van der Waals surface area contributed by atoms with Crippen molar-refractivity contribution >= 4 is 29.1 Å². The average molecular weight is 566 g/mol. The number of rotatable bonds is 4. The number of nitrogens with one attached hydrogen (secondary N) is 3. The van der Waals surface area contributed by atoms with E-state index in [0.717, 1.165) is 23.4 Å². The Balaban J connectivity index is 1.36. The van der Waals surface area contributed by atoms with Crippen molar-refractivity contribution in [3.8, 4) is 0 Å². The van der Waals surface area contributed by atoms with Crippen LogP contribution >= 0.6 is 0 Å². The zero-order valence-corrected chi connectivity index (χ0v) is 21.9. The zero-order valence-electron chi connectivity index (χ0n) is 21.9.